The third kappa shape index (κ3) is 9.68. The Morgan fingerprint density at radius 2 is 0.500 bits per heavy atom. The first-order valence-electron chi connectivity index (χ1n) is 0. The van der Waals surface area contributed by atoms with E-state index in [9.17, 15) is 0 Å². The van der Waals surface area contributed by atoms with Crippen LogP contribution in [0.25, 0.3) is 0 Å². The van der Waals surface area contributed by atoms with Gasteiger partial charge in [-0.05, 0) is 0 Å². The molecule has 0 aromatic carbocycles. The zero-order chi connectivity index (χ0) is 0. The molecule has 3 radical (unpaired) electrons. The molecule has 0 bridgehead atoms. The second-order valence-corrected chi connectivity index (χ2v) is 0. The third-order valence-electron chi connectivity index (χ3n) is 0. The largest absolute Gasteiger partial charge is 0.0776 e. The molecule has 0 aliphatic carbocycles. The molecule has 0 fully saturated rings. The molecular weight excluding hydrogens is 189 g/mol. The van der Waals surface area contributed by atoms with Crippen molar-refractivity contribution in [3.63, 3.8) is 0 Å². The molecule has 0 amide bonds. The molecule has 4 heavy (non-hydrogen) atoms. The van der Waals surface area contributed by atoms with Crippen LogP contribution in [0.15, 0.2) is 0 Å². The Kier molecular flexibility index (Phi) is 296. The fourth-order valence-electron chi connectivity index (χ4n) is 0. The van der Waals surface area contributed by atoms with Crippen molar-refractivity contribution in [2.75, 3.05) is 0 Å². The van der Waals surface area contributed by atoms with Crippen molar-refractivity contribution < 1.29 is 50.3 Å². The van der Waals surface area contributed by atoms with Gasteiger partial charge in [-0.15, -0.1) is 0 Å². The quantitative estimate of drug-likeness (QED) is 0.529. The minimum Gasteiger partial charge on any atom is -0.0776 e. The van der Waals surface area contributed by atoms with E-state index in [4.69, 9.17) is 0 Å². The summed E-state index contributed by atoms with van der Waals surface area (Å²) < 4.78 is 0. The normalized spacial score (nSPS) is 0. The van der Waals surface area contributed by atoms with Crippen molar-refractivity contribution in [1.29, 1.82) is 0 Å². The van der Waals surface area contributed by atoms with Gasteiger partial charge in [0.1, 0.15) is 0 Å². The van der Waals surface area contributed by atoms with Gasteiger partial charge in [0, 0.05) is 50.3 Å². The summed E-state index contributed by atoms with van der Waals surface area (Å²) in [4.78, 5) is 0. The molecule has 0 heterocycles. The van der Waals surface area contributed by atoms with Crippen LogP contribution >= 0.6 is 0 Å². The van der Waals surface area contributed by atoms with Crippen LogP contribution in [0, 0.1) is 0 Å². The van der Waals surface area contributed by atoms with Crippen molar-refractivity contribution in [2.24, 2.45) is 0 Å². The van der Waals surface area contributed by atoms with Gasteiger partial charge in [0.15, 0.2) is 0 Å². The van der Waals surface area contributed by atoms with Gasteiger partial charge in [0.2, 0.25) is 0 Å². The van der Waals surface area contributed by atoms with Crippen LogP contribution in [-0.2, 0) is 50.3 Å². The smallest absolute Gasteiger partial charge is 0 e. The van der Waals surface area contributed by atoms with E-state index in [1.54, 1.807) is 0 Å². The van der Waals surface area contributed by atoms with Gasteiger partial charge in [0.05, 0.1) is 0 Å². The summed E-state index contributed by atoms with van der Waals surface area (Å²) in [5.41, 5.74) is 0. The third-order valence-corrected chi connectivity index (χ3v) is 0. The average molecular weight is 193 g/mol. The van der Waals surface area contributed by atoms with Crippen molar-refractivity contribution in [3.05, 3.63) is 0 Å². The van der Waals surface area contributed by atoms with Gasteiger partial charge in [0.25, 0.3) is 0 Å². The molecule has 3 heteroatoms. The molecule has 0 spiro atoms. The van der Waals surface area contributed by atoms with E-state index in [0.29, 0.717) is 0 Å². The van der Waals surface area contributed by atoms with Gasteiger partial charge in [-0.1, -0.05) is 7.43 Å². The molecule has 35 valence electrons. The maximum atomic E-state index is 0. The minimum absolute atomic E-state index is 0. The predicted molar refractivity (Wildman–Crippen MR) is 6.73 cm³/mol. The van der Waals surface area contributed by atoms with Gasteiger partial charge in [-0.2, -0.15) is 0 Å². The summed E-state index contributed by atoms with van der Waals surface area (Å²) in [5.74, 6) is 0. The van der Waals surface area contributed by atoms with E-state index in [-0.39, 0.29) is 57.8 Å². The molecule has 0 atom stereocenters. The van der Waals surface area contributed by atoms with Crippen LogP contribution in [0.5, 0.6) is 0 Å². The van der Waals surface area contributed by atoms with Crippen LogP contribution < -0.4 is 0 Å². The second-order valence-electron chi connectivity index (χ2n) is 0. The Morgan fingerprint density at radius 3 is 0.500 bits per heavy atom. The van der Waals surface area contributed by atoms with E-state index in [2.05, 4.69) is 0 Å². The monoisotopic (exact) mass is 193 g/mol. The number of hydrogen-bond acceptors (Lipinski definition) is 0. The first-order chi connectivity index (χ1) is 0. The summed E-state index contributed by atoms with van der Waals surface area (Å²) in [7, 11) is 0. The summed E-state index contributed by atoms with van der Waals surface area (Å²) in [6, 6.07) is 0. The van der Waals surface area contributed by atoms with E-state index in [1.165, 1.54) is 0 Å². The van der Waals surface area contributed by atoms with Crippen LogP contribution in [0.4, 0.5) is 0 Å². The molecular formula is CH4Co3. The minimum atomic E-state index is 0. The average Bonchev–Trinajstić information content (AvgIpc) is 0. The van der Waals surface area contributed by atoms with Crippen LogP contribution in [-0.4, -0.2) is 0 Å². The standard InChI is InChI=1S/CH4.3Co/h1H4;;;. The molecule has 0 rings (SSSR count). The molecule has 0 saturated carbocycles. The summed E-state index contributed by atoms with van der Waals surface area (Å²) >= 11 is 0. The van der Waals surface area contributed by atoms with E-state index in [0.717, 1.165) is 0 Å². The summed E-state index contributed by atoms with van der Waals surface area (Å²) in [6.45, 7) is 0. The molecule has 0 aromatic heterocycles. The van der Waals surface area contributed by atoms with Gasteiger partial charge in [-0.25, -0.2) is 0 Å². The summed E-state index contributed by atoms with van der Waals surface area (Å²) in [6.07, 6.45) is 0. The van der Waals surface area contributed by atoms with Crippen molar-refractivity contribution >= 4 is 0 Å². The second kappa shape index (κ2) is 24.2. The Bertz CT molecular complexity index is 3.25. The van der Waals surface area contributed by atoms with E-state index in [1.807, 2.05) is 0 Å². The predicted octanol–water partition coefficient (Wildman–Crippen LogP) is 0.629. The SMILES string of the molecule is C.[Co].[Co].[Co]. The number of rotatable bonds is 0. The zero-order valence-corrected chi connectivity index (χ0v) is 4.12. The summed E-state index contributed by atoms with van der Waals surface area (Å²) in [5, 5.41) is 0. The fourth-order valence-corrected chi connectivity index (χ4v) is 0. The van der Waals surface area contributed by atoms with Crippen molar-refractivity contribution in [3.8, 4) is 0 Å². The molecule has 0 aromatic rings. The van der Waals surface area contributed by atoms with Crippen molar-refractivity contribution in [2.45, 2.75) is 7.43 Å². The van der Waals surface area contributed by atoms with E-state index < -0.39 is 0 Å². The Morgan fingerprint density at radius 1 is 0.500 bits per heavy atom. The number of hydrogen-bond donors (Lipinski definition) is 0. The van der Waals surface area contributed by atoms with Crippen LogP contribution in [0.3, 0.4) is 0 Å². The molecule has 0 nitrogen and oxygen atoms in total. The first kappa shape index (κ1) is 48.8. The molecule has 0 unspecified atom stereocenters. The van der Waals surface area contributed by atoms with Gasteiger partial charge in [-0.3, -0.25) is 0 Å². The van der Waals surface area contributed by atoms with E-state index >= 15 is 0 Å². The Hall–Kier alpha value is 1.52. The van der Waals surface area contributed by atoms with Gasteiger partial charge >= 0.3 is 0 Å². The topological polar surface area (TPSA) is 0 Å². The van der Waals surface area contributed by atoms with Gasteiger partial charge < -0.3 is 0 Å². The Balaban J connectivity index is 0. The molecule has 0 aliphatic rings. The van der Waals surface area contributed by atoms with Crippen LogP contribution in [0.1, 0.15) is 7.43 Å². The molecule has 0 saturated heterocycles. The Labute approximate surface area is 57.7 Å². The zero-order valence-electron chi connectivity index (χ0n) is 1.00. The molecule has 0 N–H and O–H groups in total. The van der Waals surface area contributed by atoms with Crippen LogP contribution in [0.2, 0.25) is 0 Å². The van der Waals surface area contributed by atoms with Crippen molar-refractivity contribution in [1.82, 2.24) is 0 Å². The molecule has 0 aliphatic heterocycles. The maximum Gasteiger partial charge on any atom is 0 e. The first-order valence-corrected chi connectivity index (χ1v) is 0. The maximum absolute atomic E-state index is 0. The fraction of sp³-hybridized carbons (Fsp3) is 1.00.